The number of carbonyl (C=O) groups excluding carboxylic acids is 2. The number of hydrogen-bond acceptors (Lipinski definition) is 5. The van der Waals surface area contributed by atoms with E-state index >= 15 is 0 Å². The lowest BCUT2D eigenvalue weighted by atomic mass is 10.2. The van der Waals surface area contributed by atoms with Crippen LogP contribution in [0.4, 0.5) is 4.39 Å². The molecule has 0 spiro atoms. The lowest BCUT2D eigenvalue weighted by molar-refractivity contribution is -0.133. The zero-order valence-electron chi connectivity index (χ0n) is 17.3. The first-order valence-electron chi connectivity index (χ1n) is 10.1. The van der Waals surface area contributed by atoms with Gasteiger partial charge in [0.15, 0.2) is 5.76 Å². The van der Waals surface area contributed by atoms with E-state index < -0.39 is 0 Å². The Hall–Kier alpha value is -2.97. The van der Waals surface area contributed by atoms with Crippen LogP contribution in [0.25, 0.3) is 10.4 Å². The molecule has 3 aromatic rings. The molecule has 1 aliphatic heterocycles. The van der Waals surface area contributed by atoms with Gasteiger partial charge in [-0.25, -0.2) is 4.39 Å². The number of nitrogens with zero attached hydrogens (tertiary/aromatic N) is 3. The van der Waals surface area contributed by atoms with E-state index in [0.29, 0.717) is 13.1 Å². The van der Waals surface area contributed by atoms with E-state index in [4.69, 9.17) is 4.42 Å². The smallest absolute Gasteiger partial charge is 0.289 e. The fourth-order valence-corrected chi connectivity index (χ4v) is 4.65. The summed E-state index contributed by atoms with van der Waals surface area (Å²) in [7, 11) is 1.60. The van der Waals surface area contributed by atoms with E-state index in [0.717, 1.165) is 30.1 Å². The second-order valence-electron chi connectivity index (χ2n) is 7.57. The molecule has 2 aromatic heterocycles. The number of likely N-dealkylation sites (N-methyl/N-ethyl adjacent to an activating group) is 1. The van der Waals surface area contributed by atoms with Crippen LogP contribution in [0.1, 0.15) is 15.4 Å². The zero-order chi connectivity index (χ0) is 21.8. The Morgan fingerprint density at radius 1 is 1.10 bits per heavy atom. The summed E-state index contributed by atoms with van der Waals surface area (Å²) in [4.78, 5) is 32.6. The maximum absolute atomic E-state index is 13.5. The second kappa shape index (κ2) is 9.45. The van der Waals surface area contributed by atoms with Crippen molar-refractivity contribution in [1.29, 1.82) is 0 Å². The molecule has 0 atom stereocenters. The summed E-state index contributed by atoms with van der Waals surface area (Å²) >= 11 is 1.66. The average Bonchev–Trinajstić information content (AvgIpc) is 3.46. The molecule has 2 amide bonds. The van der Waals surface area contributed by atoms with Gasteiger partial charge < -0.3 is 14.2 Å². The lowest BCUT2D eigenvalue weighted by Crippen LogP contribution is -2.51. The van der Waals surface area contributed by atoms with Crippen molar-refractivity contribution in [2.45, 2.75) is 6.54 Å². The number of amides is 2. The van der Waals surface area contributed by atoms with Gasteiger partial charge >= 0.3 is 0 Å². The van der Waals surface area contributed by atoms with Crippen LogP contribution in [-0.4, -0.2) is 66.3 Å². The maximum atomic E-state index is 13.5. The summed E-state index contributed by atoms with van der Waals surface area (Å²) in [5.74, 6) is -0.367. The van der Waals surface area contributed by atoms with Gasteiger partial charge in [-0.1, -0.05) is 12.1 Å². The average molecular weight is 442 g/mol. The Morgan fingerprint density at radius 2 is 1.90 bits per heavy atom. The summed E-state index contributed by atoms with van der Waals surface area (Å²) < 4.78 is 18.6. The third-order valence-corrected chi connectivity index (χ3v) is 6.45. The van der Waals surface area contributed by atoms with Crippen LogP contribution >= 0.6 is 11.3 Å². The minimum Gasteiger partial charge on any atom is -0.459 e. The Balaban J connectivity index is 1.26. The molecule has 8 heteroatoms. The minimum absolute atomic E-state index is 0.0292. The van der Waals surface area contributed by atoms with Gasteiger partial charge in [0.25, 0.3) is 5.91 Å². The van der Waals surface area contributed by atoms with Crippen molar-refractivity contribution in [2.75, 3.05) is 39.8 Å². The van der Waals surface area contributed by atoms with Crippen LogP contribution in [0.3, 0.4) is 0 Å². The highest BCUT2D eigenvalue weighted by atomic mass is 32.1. The van der Waals surface area contributed by atoms with E-state index in [1.807, 2.05) is 12.1 Å². The van der Waals surface area contributed by atoms with Gasteiger partial charge in [-0.2, -0.15) is 0 Å². The topological polar surface area (TPSA) is 57.0 Å². The largest absolute Gasteiger partial charge is 0.459 e. The highest BCUT2D eigenvalue weighted by Crippen LogP contribution is 2.29. The Kier molecular flexibility index (Phi) is 6.48. The molecule has 0 saturated carbocycles. The third kappa shape index (κ3) is 5.21. The number of benzene rings is 1. The van der Waals surface area contributed by atoms with Crippen molar-refractivity contribution in [3.63, 3.8) is 0 Å². The quantitative estimate of drug-likeness (QED) is 0.587. The highest BCUT2D eigenvalue weighted by Gasteiger charge is 2.24. The van der Waals surface area contributed by atoms with Gasteiger partial charge in [-0.3, -0.25) is 14.5 Å². The molecule has 1 aliphatic rings. The fraction of sp³-hybridized carbons (Fsp3) is 0.304. The molecule has 0 radical (unpaired) electrons. The molecule has 4 rings (SSSR count). The van der Waals surface area contributed by atoms with Crippen LogP contribution in [0, 0.1) is 5.82 Å². The van der Waals surface area contributed by atoms with Crippen LogP contribution in [0.15, 0.2) is 59.2 Å². The van der Waals surface area contributed by atoms with Crippen LogP contribution in [0.5, 0.6) is 0 Å². The van der Waals surface area contributed by atoms with Gasteiger partial charge in [0, 0.05) is 49.5 Å². The number of thiophene rings is 1. The summed E-state index contributed by atoms with van der Waals surface area (Å²) in [6.45, 7) is 3.64. The van der Waals surface area contributed by atoms with Gasteiger partial charge in [-0.15, -0.1) is 11.3 Å². The van der Waals surface area contributed by atoms with Gasteiger partial charge in [0.2, 0.25) is 5.91 Å². The molecule has 6 nitrogen and oxygen atoms in total. The first-order valence-corrected chi connectivity index (χ1v) is 10.9. The highest BCUT2D eigenvalue weighted by molar-refractivity contribution is 7.15. The maximum Gasteiger partial charge on any atom is 0.289 e. The Morgan fingerprint density at radius 3 is 2.61 bits per heavy atom. The summed E-state index contributed by atoms with van der Waals surface area (Å²) in [5, 5.41) is 0. The van der Waals surface area contributed by atoms with E-state index in [1.165, 1.54) is 22.1 Å². The first kappa shape index (κ1) is 21.3. The van der Waals surface area contributed by atoms with Crippen LogP contribution in [-0.2, 0) is 11.3 Å². The molecule has 1 aromatic carbocycles. The minimum atomic E-state index is -0.302. The standard InChI is InChI=1S/C23H24FN3O3S/c1-25(23(29)20-6-3-13-30-20)16-22(28)27-11-9-26(10-12-27)15-19-7-8-21(31-19)17-4-2-5-18(24)14-17/h2-8,13-14H,9-12,15-16H2,1H3. The fourth-order valence-electron chi connectivity index (χ4n) is 3.60. The molecule has 0 aliphatic carbocycles. The lowest BCUT2D eigenvalue weighted by Gasteiger charge is -2.35. The molecule has 0 unspecified atom stereocenters. The molecule has 3 heterocycles. The van der Waals surface area contributed by atoms with Crippen molar-refractivity contribution in [3.8, 4) is 10.4 Å². The zero-order valence-corrected chi connectivity index (χ0v) is 18.1. The molecule has 31 heavy (non-hydrogen) atoms. The van der Waals surface area contributed by atoms with Crippen molar-refractivity contribution >= 4 is 23.2 Å². The number of carbonyl (C=O) groups is 2. The van der Waals surface area contributed by atoms with Crippen LogP contribution in [0.2, 0.25) is 0 Å². The number of rotatable bonds is 6. The van der Waals surface area contributed by atoms with E-state index in [2.05, 4.69) is 11.0 Å². The van der Waals surface area contributed by atoms with E-state index in [1.54, 1.807) is 47.5 Å². The second-order valence-corrected chi connectivity index (χ2v) is 8.74. The predicted molar refractivity (Wildman–Crippen MR) is 117 cm³/mol. The SMILES string of the molecule is CN(CC(=O)N1CCN(Cc2ccc(-c3cccc(F)c3)s2)CC1)C(=O)c1ccco1. The molecule has 162 valence electrons. The van der Waals surface area contributed by atoms with Crippen molar-refractivity contribution in [2.24, 2.45) is 0 Å². The van der Waals surface area contributed by atoms with Crippen LogP contribution < -0.4 is 0 Å². The first-order chi connectivity index (χ1) is 15.0. The number of furan rings is 1. The van der Waals surface area contributed by atoms with Gasteiger partial charge in [0.1, 0.15) is 5.82 Å². The number of hydrogen-bond donors (Lipinski definition) is 0. The van der Waals surface area contributed by atoms with E-state index in [-0.39, 0.29) is 29.9 Å². The van der Waals surface area contributed by atoms with Gasteiger partial charge in [0.05, 0.1) is 12.8 Å². The van der Waals surface area contributed by atoms with Crippen molar-refractivity contribution in [1.82, 2.24) is 14.7 Å². The normalized spacial score (nSPS) is 14.6. The molecule has 0 bridgehead atoms. The monoisotopic (exact) mass is 441 g/mol. The Labute approximate surface area is 184 Å². The third-order valence-electron chi connectivity index (χ3n) is 5.33. The molecule has 1 saturated heterocycles. The van der Waals surface area contributed by atoms with E-state index in [9.17, 15) is 14.0 Å². The van der Waals surface area contributed by atoms with Gasteiger partial charge in [-0.05, 0) is 42.0 Å². The molecule has 0 N–H and O–H groups in total. The molecular formula is C23H24FN3O3S. The van der Waals surface area contributed by atoms with Crippen molar-refractivity contribution in [3.05, 3.63) is 71.2 Å². The summed E-state index contributed by atoms with van der Waals surface area (Å²) in [5.41, 5.74) is 0.889. The molecule has 1 fully saturated rings. The number of halogens is 1. The van der Waals surface area contributed by atoms with Crippen molar-refractivity contribution < 1.29 is 18.4 Å². The molecular weight excluding hydrogens is 417 g/mol. The predicted octanol–water partition coefficient (Wildman–Crippen LogP) is 3.56. The summed E-state index contributed by atoms with van der Waals surface area (Å²) in [6, 6.07) is 14.0. The summed E-state index contributed by atoms with van der Waals surface area (Å²) in [6.07, 6.45) is 1.44. The Bertz CT molecular complexity index is 1040. The number of piperazine rings is 1.